The maximum atomic E-state index is 5.40. The minimum atomic E-state index is 0.511. The standard InChI is InChI=1S/C19H32N4O/c1-3-4-10-20-19(21-11-9-18-6-5-12-24-18)22-16-13-15(2)23(14-16)17-7-8-17/h5-6,12,15-17H,3-4,7-11,13-14H2,1-2H3,(H2,20,21,22). The van der Waals surface area contributed by atoms with E-state index >= 15 is 0 Å². The van der Waals surface area contributed by atoms with Crippen LogP contribution in [0.2, 0.25) is 0 Å². The van der Waals surface area contributed by atoms with Crippen molar-refractivity contribution in [1.82, 2.24) is 15.5 Å². The van der Waals surface area contributed by atoms with Gasteiger partial charge in [-0.3, -0.25) is 9.89 Å². The van der Waals surface area contributed by atoms with Crippen LogP contribution in [-0.4, -0.2) is 48.6 Å². The Balaban J connectivity index is 1.48. The summed E-state index contributed by atoms with van der Waals surface area (Å²) >= 11 is 0. The van der Waals surface area contributed by atoms with Crippen LogP contribution < -0.4 is 10.6 Å². The van der Waals surface area contributed by atoms with E-state index in [1.807, 2.05) is 12.1 Å². The van der Waals surface area contributed by atoms with E-state index in [4.69, 9.17) is 9.41 Å². The maximum Gasteiger partial charge on any atom is 0.191 e. The van der Waals surface area contributed by atoms with E-state index in [9.17, 15) is 0 Å². The molecule has 2 fully saturated rings. The van der Waals surface area contributed by atoms with E-state index in [0.717, 1.165) is 50.2 Å². The molecule has 134 valence electrons. The molecule has 2 unspecified atom stereocenters. The van der Waals surface area contributed by atoms with Gasteiger partial charge < -0.3 is 15.1 Å². The molecule has 2 N–H and O–H groups in total. The van der Waals surface area contributed by atoms with Crippen LogP contribution in [0, 0.1) is 0 Å². The first kappa shape index (κ1) is 17.3. The lowest BCUT2D eigenvalue weighted by molar-refractivity contribution is 0.256. The molecule has 2 aliphatic rings. The topological polar surface area (TPSA) is 52.8 Å². The number of nitrogens with one attached hydrogen (secondary N) is 2. The molecular formula is C19H32N4O. The van der Waals surface area contributed by atoms with Gasteiger partial charge in [0.05, 0.1) is 6.26 Å². The van der Waals surface area contributed by atoms with E-state index < -0.39 is 0 Å². The number of hydrogen-bond donors (Lipinski definition) is 2. The molecule has 1 aliphatic heterocycles. The number of guanidine groups is 1. The molecule has 0 amide bonds. The van der Waals surface area contributed by atoms with Crippen LogP contribution in [-0.2, 0) is 6.42 Å². The fourth-order valence-electron chi connectivity index (χ4n) is 3.53. The van der Waals surface area contributed by atoms with Gasteiger partial charge in [-0.25, -0.2) is 0 Å². The maximum absolute atomic E-state index is 5.40. The predicted molar refractivity (Wildman–Crippen MR) is 98.4 cm³/mol. The highest BCUT2D eigenvalue weighted by atomic mass is 16.3. The number of hydrogen-bond acceptors (Lipinski definition) is 3. The molecule has 5 heteroatoms. The first-order valence-electron chi connectivity index (χ1n) is 9.59. The van der Waals surface area contributed by atoms with Crippen LogP contribution in [0.5, 0.6) is 0 Å². The fourth-order valence-corrected chi connectivity index (χ4v) is 3.53. The van der Waals surface area contributed by atoms with Gasteiger partial charge in [-0.15, -0.1) is 0 Å². The highest BCUT2D eigenvalue weighted by Crippen LogP contribution is 2.33. The summed E-state index contributed by atoms with van der Waals surface area (Å²) in [6.07, 6.45) is 8.92. The van der Waals surface area contributed by atoms with E-state index in [1.54, 1.807) is 6.26 Å². The van der Waals surface area contributed by atoms with Crippen molar-refractivity contribution in [3.05, 3.63) is 24.2 Å². The lowest BCUT2D eigenvalue weighted by Crippen LogP contribution is -2.45. The van der Waals surface area contributed by atoms with Gasteiger partial charge in [0.25, 0.3) is 0 Å². The Morgan fingerprint density at radius 2 is 2.29 bits per heavy atom. The normalized spacial score (nSPS) is 25.2. The summed E-state index contributed by atoms with van der Waals surface area (Å²) < 4.78 is 5.40. The summed E-state index contributed by atoms with van der Waals surface area (Å²) in [4.78, 5) is 7.42. The van der Waals surface area contributed by atoms with Gasteiger partial charge in [0, 0.05) is 44.2 Å². The molecule has 0 spiro atoms. The first-order valence-corrected chi connectivity index (χ1v) is 9.59. The highest BCUT2D eigenvalue weighted by Gasteiger charge is 2.38. The van der Waals surface area contributed by atoms with E-state index in [2.05, 4.69) is 29.4 Å². The third-order valence-electron chi connectivity index (χ3n) is 5.01. The Hall–Kier alpha value is -1.49. The zero-order valence-electron chi connectivity index (χ0n) is 15.1. The molecule has 2 atom stereocenters. The Kier molecular flexibility index (Phi) is 6.18. The fraction of sp³-hybridized carbons (Fsp3) is 0.737. The van der Waals surface area contributed by atoms with Crippen molar-refractivity contribution in [3.8, 4) is 0 Å². The van der Waals surface area contributed by atoms with Gasteiger partial charge in [0.2, 0.25) is 0 Å². The Morgan fingerprint density at radius 3 is 3.00 bits per heavy atom. The molecule has 5 nitrogen and oxygen atoms in total. The average molecular weight is 332 g/mol. The van der Waals surface area contributed by atoms with Crippen LogP contribution in [0.3, 0.4) is 0 Å². The molecule has 2 heterocycles. The Bertz CT molecular complexity index is 509. The summed E-state index contributed by atoms with van der Waals surface area (Å²) in [5.74, 6) is 1.98. The quantitative estimate of drug-likeness (QED) is 0.437. The summed E-state index contributed by atoms with van der Waals surface area (Å²) in [6, 6.07) is 6.01. The number of rotatable bonds is 8. The average Bonchev–Trinajstić information content (AvgIpc) is 3.15. The van der Waals surface area contributed by atoms with Gasteiger partial charge >= 0.3 is 0 Å². The molecule has 1 aromatic heterocycles. The SMILES string of the molecule is CCCCN=C(NCCc1ccco1)NC1CC(C)N(C2CC2)C1. The van der Waals surface area contributed by atoms with Crippen LogP contribution in [0.1, 0.15) is 51.7 Å². The van der Waals surface area contributed by atoms with Crippen LogP contribution in [0.15, 0.2) is 27.8 Å². The van der Waals surface area contributed by atoms with Crippen molar-refractivity contribution in [2.45, 2.75) is 70.5 Å². The Morgan fingerprint density at radius 1 is 1.42 bits per heavy atom. The van der Waals surface area contributed by atoms with Gasteiger partial charge in [0.1, 0.15) is 5.76 Å². The first-order chi connectivity index (χ1) is 11.8. The monoisotopic (exact) mass is 332 g/mol. The van der Waals surface area contributed by atoms with Crippen molar-refractivity contribution in [3.63, 3.8) is 0 Å². The predicted octanol–water partition coefficient (Wildman–Crippen LogP) is 2.78. The molecule has 3 rings (SSSR count). The summed E-state index contributed by atoms with van der Waals surface area (Å²) in [5, 5.41) is 7.14. The van der Waals surface area contributed by atoms with E-state index in [-0.39, 0.29) is 0 Å². The molecular weight excluding hydrogens is 300 g/mol. The molecule has 1 aliphatic carbocycles. The zero-order chi connectivity index (χ0) is 16.8. The molecule has 1 aromatic rings. The number of nitrogens with zero attached hydrogens (tertiary/aromatic N) is 2. The Labute approximate surface area is 145 Å². The second-order valence-electron chi connectivity index (χ2n) is 7.19. The number of unbranched alkanes of at least 4 members (excludes halogenated alkanes) is 1. The summed E-state index contributed by atoms with van der Waals surface area (Å²) in [7, 11) is 0. The van der Waals surface area contributed by atoms with Crippen molar-refractivity contribution >= 4 is 5.96 Å². The lowest BCUT2D eigenvalue weighted by Gasteiger charge is -2.20. The molecule has 24 heavy (non-hydrogen) atoms. The zero-order valence-corrected chi connectivity index (χ0v) is 15.1. The molecule has 1 saturated heterocycles. The largest absolute Gasteiger partial charge is 0.469 e. The van der Waals surface area contributed by atoms with Gasteiger partial charge in [-0.2, -0.15) is 0 Å². The number of furan rings is 1. The van der Waals surface area contributed by atoms with Crippen LogP contribution >= 0.6 is 0 Å². The van der Waals surface area contributed by atoms with Gasteiger partial charge in [0.15, 0.2) is 5.96 Å². The highest BCUT2D eigenvalue weighted by molar-refractivity contribution is 5.80. The van der Waals surface area contributed by atoms with Gasteiger partial charge in [-0.05, 0) is 44.7 Å². The molecule has 0 aromatic carbocycles. The van der Waals surface area contributed by atoms with E-state index in [1.165, 1.54) is 25.7 Å². The van der Waals surface area contributed by atoms with Crippen LogP contribution in [0.25, 0.3) is 0 Å². The molecule has 0 radical (unpaired) electrons. The molecule has 0 bridgehead atoms. The van der Waals surface area contributed by atoms with Crippen molar-refractivity contribution in [1.29, 1.82) is 0 Å². The van der Waals surface area contributed by atoms with Crippen molar-refractivity contribution < 1.29 is 4.42 Å². The summed E-state index contributed by atoms with van der Waals surface area (Å²) in [5.41, 5.74) is 0. The third kappa shape index (κ3) is 5.00. The van der Waals surface area contributed by atoms with Crippen molar-refractivity contribution in [2.24, 2.45) is 4.99 Å². The summed E-state index contributed by atoms with van der Waals surface area (Å²) in [6.45, 7) is 7.46. The smallest absolute Gasteiger partial charge is 0.191 e. The third-order valence-corrected chi connectivity index (χ3v) is 5.01. The second-order valence-corrected chi connectivity index (χ2v) is 7.19. The second kappa shape index (κ2) is 8.56. The lowest BCUT2D eigenvalue weighted by atomic mass is 10.2. The minimum Gasteiger partial charge on any atom is -0.469 e. The molecule has 1 saturated carbocycles. The van der Waals surface area contributed by atoms with Crippen molar-refractivity contribution in [2.75, 3.05) is 19.6 Å². The number of aliphatic imine (C=N–C) groups is 1. The van der Waals surface area contributed by atoms with E-state index in [0.29, 0.717) is 12.1 Å². The number of likely N-dealkylation sites (tertiary alicyclic amines) is 1. The van der Waals surface area contributed by atoms with Gasteiger partial charge in [-0.1, -0.05) is 13.3 Å². The minimum absolute atomic E-state index is 0.511. The van der Waals surface area contributed by atoms with Crippen LogP contribution in [0.4, 0.5) is 0 Å².